The van der Waals surface area contributed by atoms with E-state index in [1.54, 1.807) is 37.4 Å². The zero-order valence-electron chi connectivity index (χ0n) is 10.6. The van der Waals surface area contributed by atoms with Crippen LogP contribution >= 0.6 is 11.6 Å². The summed E-state index contributed by atoms with van der Waals surface area (Å²) in [5.41, 5.74) is 7.40. The minimum Gasteiger partial charge on any atom is -0.494 e. The summed E-state index contributed by atoms with van der Waals surface area (Å²) in [7, 11) is 1.55. The molecule has 0 saturated carbocycles. The third kappa shape index (κ3) is 1.78. The van der Waals surface area contributed by atoms with E-state index in [-0.39, 0.29) is 16.7 Å². The fourth-order valence-electron chi connectivity index (χ4n) is 2.17. The molecule has 0 aliphatic heterocycles. The summed E-state index contributed by atoms with van der Waals surface area (Å²) in [5.74, 6) is 0.212. The SMILES string of the molecule is COc1cccc2c1nc(N)n2-c1cccc(Cl)c1F. The van der Waals surface area contributed by atoms with Gasteiger partial charge in [0.1, 0.15) is 11.3 Å². The maximum Gasteiger partial charge on any atom is 0.206 e. The van der Waals surface area contributed by atoms with Gasteiger partial charge in [-0.05, 0) is 24.3 Å². The number of rotatable bonds is 2. The van der Waals surface area contributed by atoms with Crippen molar-refractivity contribution in [3.8, 4) is 11.4 Å². The predicted octanol–water partition coefficient (Wildman–Crippen LogP) is 3.41. The van der Waals surface area contributed by atoms with Crippen molar-refractivity contribution >= 4 is 28.6 Å². The van der Waals surface area contributed by atoms with Gasteiger partial charge in [0.15, 0.2) is 5.82 Å². The van der Waals surface area contributed by atoms with E-state index < -0.39 is 5.82 Å². The third-order valence-electron chi connectivity index (χ3n) is 3.07. The van der Waals surface area contributed by atoms with Crippen molar-refractivity contribution in [2.75, 3.05) is 12.8 Å². The van der Waals surface area contributed by atoms with Crippen LogP contribution in [0.4, 0.5) is 10.3 Å². The van der Waals surface area contributed by atoms with Crippen LogP contribution in [0, 0.1) is 5.82 Å². The summed E-state index contributed by atoms with van der Waals surface area (Å²) >= 11 is 5.82. The number of nitrogens with zero attached hydrogens (tertiary/aromatic N) is 2. The molecule has 0 bridgehead atoms. The van der Waals surface area contributed by atoms with Crippen LogP contribution in [0.1, 0.15) is 0 Å². The number of nitrogens with two attached hydrogens (primary N) is 1. The van der Waals surface area contributed by atoms with E-state index in [1.807, 2.05) is 0 Å². The van der Waals surface area contributed by atoms with E-state index in [1.165, 1.54) is 10.6 Å². The lowest BCUT2D eigenvalue weighted by Crippen LogP contribution is -2.03. The Hall–Kier alpha value is -2.27. The van der Waals surface area contributed by atoms with Crippen LogP contribution in [0.5, 0.6) is 5.75 Å². The van der Waals surface area contributed by atoms with Crippen LogP contribution in [0.25, 0.3) is 16.7 Å². The molecule has 0 atom stereocenters. The molecule has 0 aliphatic carbocycles. The fourth-order valence-corrected chi connectivity index (χ4v) is 2.34. The molecule has 2 N–H and O–H groups in total. The van der Waals surface area contributed by atoms with Crippen molar-refractivity contribution in [1.29, 1.82) is 0 Å². The van der Waals surface area contributed by atoms with Crippen LogP contribution in [0.15, 0.2) is 36.4 Å². The van der Waals surface area contributed by atoms with Gasteiger partial charge in [-0.15, -0.1) is 0 Å². The number of nitrogen functional groups attached to an aromatic ring is 1. The van der Waals surface area contributed by atoms with Crippen LogP contribution in [0.2, 0.25) is 5.02 Å². The van der Waals surface area contributed by atoms with Crippen LogP contribution < -0.4 is 10.5 Å². The number of methoxy groups -OCH3 is 1. The third-order valence-corrected chi connectivity index (χ3v) is 3.36. The Morgan fingerprint density at radius 1 is 1.25 bits per heavy atom. The molecular formula is C14H11ClFN3O. The largest absolute Gasteiger partial charge is 0.494 e. The molecule has 0 unspecified atom stereocenters. The van der Waals surface area contributed by atoms with Gasteiger partial charge in [-0.25, -0.2) is 9.37 Å². The van der Waals surface area contributed by atoms with Gasteiger partial charge in [0.05, 0.1) is 23.3 Å². The summed E-state index contributed by atoms with van der Waals surface area (Å²) in [4.78, 5) is 4.24. The van der Waals surface area contributed by atoms with Crippen molar-refractivity contribution in [3.63, 3.8) is 0 Å². The van der Waals surface area contributed by atoms with Gasteiger partial charge in [0.2, 0.25) is 5.95 Å². The Balaban J connectivity index is 2.37. The van der Waals surface area contributed by atoms with E-state index in [0.717, 1.165) is 0 Å². The monoisotopic (exact) mass is 291 g/mol. The van der Waals surface area contributed by atoms with E-state index >= 15 is 0 Å². The van der Waals surface area contributed by atoms with Gasteiger partial charge in [0.25, 0.3) is 0 Å². The first-order valence-corrected chi connectivity index (χ1v) is 6.26. The van der Waals surface area contributed by atoms with E-state index in [0.29, 0.717) is 16.8 Å². The van der Waals surface area contributed by atoms with E-state index in [2.05, 4.69) is 4.98 Å². The minimum absolute atomic E-state index is 0.0339. The van der Waals surface area contributed by atoms with E-state index in [9.17, 15) is 4.39 Å². The molecule has 0 spiro atoms. The molecule has 4 nitrogen and oxygen atoms in total. The smallest absolute Gasteiger partial charge is 0.206 e. The number of ether oxygens (including phenoxy) is 1. The number of hydrogen-bond acceptors (Lipinski definition) is 3. The lowest BCUT2D eigenvalue weighted by molar-refractivity contribution is 0.419. The lowest BCUT2D eigenvalue weighted by Gasteiger charge is -2.09. The van der Waals surface area contributed by atoms with Gasteiger partial charge in [-0.2, -0.15) is 0 Å². The summed E-state index contributed by atoms with van der Waals surface area (Å²) < 4.78 is 20.9. The Bertz CT molecular complexity index is 800. The maximum atomic E-state index is 14.2. The van der Waals surface area contributed by atoms with Gasteiger partial charge < -0.3 is 10.5 Å². The first kappa shape index (κ1) is 12.7. The number of benzene rings is 2. The number of para-hydroxylation sites is 1. The Morgan fingerprint density at radius 3 is 2.75 bits per heavy atom. The topological polar surface area (TPSA) is 53.1 Å². The molecule has 0 aliphatic rings. The molecule has 1 heterocycles. The second-order valence-electron chi connectivity index (χ2n) is 4.21. The Labute approximate surface area is 119 Å². The lowest BCUT2D eigenvalue weighted by atomic mass is 10.2. The van der Waals surface area contributed by atoms with Crippen molar-refractivity contribution in [1.82, 2.24) is 9.55 Å². The first-order chi connectivity index (χ1) is 9.63. The number of aromatic nitrogens is 2. The maximum absolute atomic E-state index is 14.2. The summed E-state index contributed by atoms with van der Waals surface area (Å²) in [5, 5.41) is 0.0339. The van der Waals surface area contributed by atoms with Crippen molar-refractivity contribution in [3.05, 3.63) is 47.2 Å². The molecular weight excluding hydrogens is 281 g/mol. The van der Waals surface area contributed by atoms with Gasteiger partial charge in [-0.3, -0.25) is 4.57 Å². The van der Waals surface area contributed by atoms with Crippen LogP contribution in [-0.4, -0.2) is 16.7 Å². The number of fused-ring (bicyclic) bond motifs is 1. The highest BCUT2D eigenvalue weighted by Crippen LogP contribution is 2.31. The zero-order valence-corrected chi connectivity index (χ0v) is 11.4. The van der Waals surface area contributed by atoms with Crippen molar-refractivity contribution < 1.29 is 9.13 Å². The molecule has 1 aromatic heterocycles. The minimum atomic E-state index is -0.539. The normalized spacial score (nSPS) is 10.9. The second kappa shape index (κ2) is 4.68. The predicted molar refractivity (Wildman–Crippen MR) is 77.0 cm³/mol. The van der Waals surface area contributed by atoms with Crippen LogP contribution in [-0.2, 0) is 0 Å². The quantitative estimate of drug-likeness (QED) is 0.787. The molecule has 0 amide bonds. The molecule has 0 fully saturated rings. The number of imidazole rings is 1. The average Bonchev–Trinajstić information content (AvgIpc) is 2.78. The highest BCUT2D eigenvalue weighted by atomic mass is 35.5. The molecule has 0 saturated heterocycles. The molecule has 20 heavy (non-hydrogen) atoms. The molecule has 3 aromatic rings. The number of halogens is 2. The van der Waals surface area contributed by atoms with Gasteiger partial charge >= 0.3 is 0 Å². The number of hydrogen-bond donors (Lipinski definition) is 1. The molecule has 2 aromatic carbocycles. The average molecular weight is 292 g/mol. The fraction of sp³-hybridized carbons (Fsp3) is 0.0714. The summed E-state index contributed by atoms with van der Waals surface area (Å²) in [6, 6.07) is 10.1. The number of anilines is 1. The molecule has 0 radical (unpaired) electrons. The Morgan fingerprint density at radius 2 is 2.00 bits per heavy atom. The Kier molecular flexibility index (Phi) is 2.99. The zero-order chi connectivity index (χ0) is 14.3. The van der Waals surface area contributed by atoms with Crippen LogP contribution in [0.3, 0.4) is 0 Å². The van der Waals surface area contributed by atoms with E-state index in [4.69, 9.17) is 22.1 Å². The second-order valence-corrected chi connectivity index (χ2v) is 4.61. The van der Waals surface area contributed by atoms with Gasteiger partial charge in [0, 0.05) is 0 Å². The first-order valence-electron chi connectivity index (χ1n) is 5.89. The van der Waals surface area contributed by atoms with Gasteiger partial charge in [-0.1, -0.05) is 23.7 Å². The highest BCUT2D eigenvalue weighted by Gasteiger charge is 2.17. The summed E-state index contributed by atoms with van der Waals surface area (Å²) in [6.07, 6.45) is 0. The van der Waals surface area contributed by atoms with Crippen molar-refractivity contribution in [2.45, 2.75) is 0 Å². The highest BCUT2D eigenvalue weighted by molar-refractivity contribution is 6.30. The molecule has 3 rings (SSSR count). The van der Waals surface area contributed by atoms with Crippen molar-refractivity contribution in [2.24, 2.45) is 0 Å². The molecule has 6 heteroatoms. The summed E-state index contributed by atoms with van der Waals surface area (Å²) in [6.45, 7) is 0. The standard InChI is InChI=1S/C14H11ClFN3O/c1-20-11-7-3-6-10-13(11)18-14(17)19(10)9-5-2-4-8(15)12(9)16/h2-7H,1H3,(H2,17,18). The molecule has 102 valence electrons.